The van der Waals surface area contributed by atoms with E-state index in [0.29, 0.717) is 19.4 Å². The Morgan fingerprint density at radius 2 is 2.00 bits per heavy atom. The Morgan fingerprint density at radius 1 is 1.40 bits per heavy atom. The van der Waals surface area contributed by atoms with Crippen LogP contribution in [0.4, 0.5) is 13.2 Å². The van der Waals surface area contributed by atoms with Crippen molar-refractivity contribution in [2.75, 3.05) is 33.9 Å². The summed E-state index contributed by atoms with van der Waals surface area (Å²) in [5.74, 6) is -1.38. The van der Waals surface area contributed by atoms with Gasteiger partial charge in [0.15, 0.2) is 0 Å². The third kappa shape index (κ3) is 8.70. The van der Waals surface area contributed by atoms with Crippen molar-refractivity contribution in [2.45, 2.75) is 25.1 Å². The van der Waals surface area contributed by atoms with Crippen LogP contribution in [-0.2, 0) is 14.3 Å². The van der Waals surface area contributed by atoms with E-state index in [1.807, 2.05) is 0 Å². The van der Waals surface area contributed by atoms with E-state index in [4.69, 9.17) is 10.5 Å². The molecule has 0 radical (unpaired) electrons. The van der Waals surface area contributed by atoms with Crippen molar-refractivity contribution in [3.05, 3.63) is 0 Å². The van der Waals surface area contributed by atoms with Gasteiger partial charge in [-0.2, -0.15) is 13.2 Å². The number of methoxy groups -OCH3 is 1. The molecule has 0 spiro atoms. The maximum atomic E-state index is 11.9. The molecule has 0 aliphatic carbocycles. The van der Waals surface area contributed by atoms with Crippen LogP contribution >= 0.6 is 0 Å². The molecule has 0 aromatic rings. The van der Waals surface area contributed by atoms with E-state index >= 15 is 0 Å². The molecule has 0 heterocycles. The van der Waals surface area contributed by atoms with Crippen molar-refractivity contribution in [3.8, 4) is 0 Å². The number of amides is 2. The molecule has 0 bridgehead atoms. The van der Waals surface area contributed by atoms with Gasteiger partial charge in [-0.3, -0.25) is 9.59 Å². The van der Waals surface area contributed by atoms with Crippen molar-refractivity contribution in [2.24, 2.45) is 5.73 Å². The molecule has 0 saturated carbocycles. The van der Waals surface area contributed by atoms with Gasteiger partial charge in [0.2, 0.25) is 11.8 Å². The van der Waals surface area contributed by atoms with Crippen LogP contribution in [0.1, 0.15) is 12.8 Å². The average molecular weight is 299 g/mol. The summed E-state index contributed by atoms with van der Waals surface area (Å²) in [7, 11) is 2.83. The number of likely N-dealkylation sites (N-methyl/N-ethyl adjacent to an activating group) is 1. The fourth-order valence-corrected chi connectivity index (χ4v) is 1.40. The van der Waals surface area contributed by atoms with E-state index in [1.54, 1.807) is 5.32 Å². The van der Waals surface area contributed by atoms with E-state index < -0.39 is 37.1 Å². The summed E-state index contributed by atoms with van der Waals surface area (Å²) in [6, 6.07) is -0.800. The molecule has 0 rings (SSSR count). The standard InChI is InChI=1S/C11H20F3N3O3/c1-17(6-9(18)16-7-11(12,13)14)10(19)8(15)4-3-5-20-2/h8H,3-7,15H2,1-2H3,(H,16,18). The van der Waals surface area contributed by atoms with Gasteiger partial charge in [0.25, 0.3) is 0 Å². The lowest BCUT2D eigenvalue weighted by molar-refractivity contribution is -0.142. The molecule has 118 valence electrons. The number of nitrogens with two attached hydrogens (primary N) is 1. The number of carbonyl (C=O) groups is 2. The van der Waals surface area contributed by atoms with Gasteiger partial charge in [-0.05, 0) is 12.8 Å². The van der Waals surface area contributed by atoms with Crippen LogP contribution in [0.2, 0.25) is 0 Å². The van der Waals surface area contributed by atoms with Gasteiger partial charge in [0.1, 0.15) is 6.54 Å². The Labute approximate surface area is 115 Å². The highest BCUT2D eigenvalue weighted by Gasteiger charge is 2.28. The number of halogens is 3. The van der Waals surface area contributed by atoms with E-state index in [2.05, 4.69) is 0 Å². The molecule has 1 unspecified atom stereocenters. The Balaban J connectivity index is 4.08. The molecule has 0 aliphatic heterocycles. The Bertz CT molecular complexity index is 324. The molecule has 0 aliphatic rings. The lowest BCUT2D eigenvalue weighted by Gasteiger charge is -2.21. The minimum atomic E-state index is -4.48. The number of nitrogens with one attached hydrogen (secondary N) is 1. The van der Waals surface area contributed by atoms with Crippen LogP contribution in [-0.4, -0.2) is 62.8 Å². The predicted molar refractivity (Wildman–Crippen MR) is 65.8 cm³/mol. The average Bonchev–Trinajstić information content (AvgIpc) is 2.34. The molecule has 1 atom stereocenters. The minimum Gasteiger partial charge on any atom is -0.385 e. The van der Waals surface area contributed by atoms with Gasteiger partial charge in [-0.1, -0.05) is 0 Å². The summed E-state index contributed by atoms with van der Waals surface area (Å²) < 4.78 is 40.5. The first-order valence-corrected chi connectivity index (χ1v) is 6.00. The van der Waals surface area contributed by atoms with Gasteiger partial charge < -0.3 is 20.7 Å². The Morgan fingerprint density at radius 3 is 2.50 bits per heavy atom. The third-order valence-corrected chi connectivity index (χ3v) is 2.42. The molecule has 9 heteroatoms. The lowest BCUT2D eigenvalue weighted by atomic mass is 10.1. The van der Waals surface area contributed by atoms with E-state index in [0.717, 1.165) is 4.90 Å². The summed E-state index contributed by atoms with van der Waals surface area (Å²) in [5.41, 5.74) is 5.62. The molecule has 0 aromatic heterocycles. The van der Waals surface area contributed by atoms with E-state index in [9.17, 15) is 22.8 Å². The van der Waals surface area contributed by atoms with Crippen LogP contribution in [0.3, 0.4) is 0 Å². The number of alkyl halides is 3. The van der Waals surface area contributed by atoms with Crippen LogP contribution in [0.15, 0.2) is 0 Å². The number of carbonyl (C=O) groups excluding carboxylic acids is 2. The summed E-state index contributed by atoms with van der Waals surface area (Å²) in [6.07, 6.45) is -3.52. The SMILES string of the molecule is COCCCC(N)C(=O)N(C)CC(=O)NCC(F)(F)F. The largest absolute Gasteiger partial charge is 0.405 e. The normalized spacial score (nSPS) is 12.9. The van der Waals surface area contributed by atoms with E-state index in [1.165, 1.54) is 14.2 Å². The summed E-state index contributed by atoms with van der Waals surface area (Å²) >= 11 is 0. The van der Waals surface area contributed by atoms with Crippen LogP contribution in [0, 0.1) is 0 Å². The first kappa shape index (κ1) is 18.7. The summed E-state index contributed by atoms with van der Waals surface area (Å²) in [6.45, 7) is -1.43. The number of ether oxygens (including phenoxy) is 1. The molecule has 0 saturated heterocycles. The second-order valence-electron chi connectivity index (χ2n) is 4.33. The fraction of sp³-hybridized carbons (Fsp3) is 0.818. The monoisotopic (exact) mass is 299 g/mol. The van der Waals surface area contributed by atoms with Crippen molar-refractivity contribution >= 4 is 11.8 Å². The fourth-order valence-electron chi connectivity index (χ4n) is 1.40. The maximum Gasteiger partial charge on any atom is 0.405 e. The minimum absolute atomic E-state index is 0.376. The quantitative estimate of drug-likeness (QED) is 0.612. The zero-order valence-corrected chi connectivity index (χ0v) is 11.5. The molecule has 0 fully saturated rings. The van der Waals surface area contributed by atoms with Crippen LogP contribution in [0.25, 0.3) is 0 Å². The molecular weight excluding hydrogens is 279 g/mol. The van der Waals surface area contributed by atoms with Crippen molar-refractivity contribution in [1.29, 1.82) is 0 Å². The number of hydrogen-bond donors (Lipinski definition) is 2. The molecule has 20 heavy (non-hydrogen) atoms. The molecule has 3 N–H and O–H groups in total. The van der Waals surface area contributed by atoms with Crippen molar-refractivity contribution < 1.29 is 27.5 Å². The predicted octanol–water partition coefficient (Wildman–Crippen LogP) is -0.123. The lowest BCUT2D eigenvalue weighted by Crippen LogP contribution is -2.47. The van der Waals surface area contributed by atoms with Crippen LogP contribution in [0.5, 0.6) is 0 Å². The zero-order valence-electron chi connectivity index (χ0n) is 11.5. The first-order chi connectivity index (χ1) is 9.17. The highest BCUT2D eigenvalue weighted by atomic mass is 19.4. The van der Waals surface area contributed by atoms with Gasteiger partial charge in [0, 0.05) is 20.8 Å². The third-order valence-electron chi connectivity index (χ3n) is 2.42. The van der Waals surface area contributed by atoms with Crippen LogP contribution < -0.4 is 11.1 Å². The second kappa shape index (κ2) is 8.75. The Kier molecular flexibility index (Phi) is 8.16. The van der Waals surface area contributed by atoms with Crippen molar-refractivity contribution in [1.82, 2.24) is 10.2 Å². The van der Waals surface area contributed by atoms with Gasteiger partial charge in [-0.25, -0.2) is 0 Å². The molecular formula is C11H20F3N3O3. The highest BCUT2D eigenvalue weighted by molar-refractivity contribution is 5.87. The van der Waals surface area contributed by atoms with Crippen molar-refractivity contribution in [3.63, 3.8) is 0 Å². The molecule has 0 aromatic carbocycles. The second-order valence-corrected chi connectivity index (χ2v) is 4.33. The summed E-state index contributed by atoms with van der Waals surface area (Å²) in [5, 5.41) is 1.68. The van der Waals surface area contributed by atoms with E-state index in [-0.39, 0.29) is 0 Å². The van der Waals surface area contributed by atoms with Gasteiger partial charge in [0.05, 0.1) is 12.6 Å². The number of rotatable bonds is 8. The first-order valence-electron chi connectivity index (χ1n) is 6.00. The highest BCUT2D eigenvalue weighted by Crippen LogP contribution is 2.12. The maximum absolute atomic E-state index is 11.9. The van der Waals surface area contributed by atoms with Gasteiger partial charge >= 0.3 is 6.18 Å². The van der Waals surface area contributed by atoms with Gasteiger partial charge in [-0.15, -0.1) is 0 Å². The molecule has 2 amide bonds. The number of nitrogens with zero attached hydrogens (tertiary/aromatic N) is 1. The topological polar surface area (TPSA) is 84.7 Å². The smallest absolute Gasteiger partial charge is 0.385 e. The Hall–Kier alpha value is -1.35. The zero-order chi connectivity index (χ0) is 15.8. The number of hydrogen-bond acceptors (Lipinski definition) is 4. The molecule has 6 nitrogen and oxygen atoms in total. The summed E-state index contributed by atoms with van der Waals surface area (Å²) in [4.78, 5) is 24.0.